The lowest BCUT2D eigenvalue weighted by Crippen LogP contribution is -2.17. The van der Waals surface area contributed by atoms with E-state index in [4.69, 9.17) is 9.47 Å². The Kier molecular flexibility index (Phi) is 3.64. The van der Waals surface area contributed by atoms with Crippen LogP contribution in [0.2, 0.25) is 0 Å². The minimum absolute atomic E-state index is 0.169. The van der Waals surface area contributed by atoms with Gasteiger partial charge in [0.2, 0.25) is 0 Å². The van der Waals surface area contributed by atoms with Crippen molar-refractivity contribution in [2.45, 2.75) is 19.8 Å². The number of carbonyl (C=O) groups excluding carboxylic acids is 1. The van der Waals surface area contributed by atoms with E-state index in [1.165, 1.54) is 0 Å². The van der Waals surface area contributed by atoms with Crippen LogP contribution in [0.1, 0.15) is 19.8 Å². The van der Waals surface area contributed by atoms with Crippen LogP contribution in [-0.2, 0) is 14.3 Å². The summed E-state index contributed by atoms with van der Waals surface area (Å²) in [5, 5.41) is 0. The summed E-state index contributed by atoms with van der Waals surface area (Å²) in [5.74, 6) is -0.348. The largest absolute Gasteiger partial charge is 0.500 e. The number of unbranched alkanes of at least 4 members (excludes halogenated alkanes) is 1. The van der Waals surface area contributed by atoms with Crippen molar-refractivity contribution in [1.82, 2.24) is 0 Å². The molecule has 3 nitrogen and oxygen atoms in total. The second-order valence-corrected chi connectivity index (χ2v) is 2.79. The fourth-order valence-corrected chi connectivity index (χ4v) is 0.936. The summed E-state index contributed by atoms with van der Waals surface area (Å²) >= 11 is 0. The van der Waals surface area contributed by atoms with Gasteiger partial charge in [-0.3, -0.25) is 4.79 Å². The third-order valence-electron chi connectivity index (χ3n) is 1.73. The molecule has 1 unspecified atom stereocenters. The van der Waals surface area contributed by atoms with Crippen molar-refractivity contribution < 1.29 is 14.3 Å². The van der Waals surface area contributed by atoms with E-state index >= 15 is 0 Å². The fourth-order valence-electron chi connectivity index (χ4n) is 0.936. The van der Waals surface area contributed by atoms with Crippen molar-refractivity contribution in [3.05, 3.63) is 12.3 Å². The molecule has 0 bridgehead atoms. The van der Waals surface area contributed by atoms with Gasteiger partial charge in [-0.2, -0.15) is 0 Å². The zero-order chi connectivity index (χ0) is 8.81. The fraction of sp³-hybridized carbons (Fsp3) is 0.667. The van der Waals surface area contributed by atoms with Crippen molar-refractivity contribution in [1.29, 1.82) is 0 Å². The molecule has 0 aromatic heterocycles. The summed E-state index contributed by atoms with van der Waals surface area (Å²) in [6.45, 7) is 3.02. The van der Waals surface area contributed by atoms with Crippen LogP contribution < -0.4 is 0 Å². The van der Waals surface area contributed by atoms with Crippen LogP contribution >= 0.6 is 0 Å². The van der Waals surface area contributed by atoms with Crippen molar-refractivity contribution in [2.75, 3.05) is 13.2 Å². The van der Waals surface area contributed by atoms with E-state index in [0.717, 1.165) is 12.8 Å². The van der Waals surface area contributed by atoms with E-state index in [0.29, 0.717) is 13.2 Å². The highest BCUT2D eigenvalue weighted by Gasteiger charge is 2.20. The number of hydrogen-bond donors (Lipinski definition) is 0. The summed E-state index contributed by atoms with van der Waals surface area (Å²) in [5.41, 5.74) is 0. The van der Waals surface area contributed by atoms with Crippen LogP contribution in [0, 0.1) is 5.92 Å². The van der Waals surface area contributed by atoms with E-state index < -0.39 is 0 Å². The molecule has 1 aliphatic rings. The first-order chi connectivity index (χ1) is 5.84. The monoisotopic (exact) mass is 170 g/mol. The first-order valence-electron chi connectivity index (χ1n) is 4.29. The van der Waals surface area contributed by atoms with E-state index in [1.54, 1.807) is 12.3 Å². The lowest BCUT2D eigenvalue weighted by Gasteiger charge is -2.06. The molecule has 0 amide bonds. The minimum Gasteiger partial charge on any atom is -0.500 e. The summed E-state index contributed by atoms with van der Waals surface area (Å²) in [6, 6.07) is 0. The molecular formula is C9H14O3. The normalized spacial score (nSPS) is 20.6. The molecule has 0 aromatic carbocycles. The molecule has 0 N–H and O–H groups in total. The van der Waals surface area contributed by atoms with Crippen molar-refractivity contribution >= 4 is 5.97 Å². The molecule has 1 aliphatic heterocycles. The first-order valence-corrected chi connectivity index (χ1v) is 4.29. The number of esters is 1. The summed E-state index contributed by atoms with van der Waals surface area (Å²) < 4.78 is 9.90. The Morgan fingerprint density at radius 1 is 1.75 bits per heavy atom. The molecule has 12 heavy (non-hydrogen) atoms. The van der Waals surface area contributed by atoms with Crippen LogP contribution in [0.4, 0.5) is 0 Å². The maximum Gasteiger partial charge on any atom is 0.316 e. The second-order valence-electron chi connectivity index (χ2n) is 2.79. The maximum atomic E-state index is 11.2. The molecule has 0 saturated heterocycles. The third kappa shape index (κ3) is 2.57. The summed E-state index contributed by atoms with van der Waals surface area (Å²) in [6.07, 6.45) is 5.26. The zero-order valence-electron chi connectivity index (χ0n) is 7.29. The van der Waals surface area contributed by atoms with Crippen LogP contribution in [0.15, 0.2) is 12.3 Å². The molecule has 0 radical (unpaired) electrons. The number of ether oxygens (including phenoxy) is 2. The topological polar surface area (TPSA) is 35.5 Å². The van der Waals surface area contributed by atoms with Gasteiger partial charge in [0.15, 0.2) is 0 Å². The molecule has 1 atom stereocenters. The Morgan fingerprint density at radius 3 is 3.17 bits per heavy atom. The SMILES string of the molecule is CCCCOC(=O)C1C=COC1. The van der Waals surface area contributed by atoms with E-state index in [9.17, 15) is 4.79 Å². The molecule has 0 saturated carbocycles. The molecule has 0 spiro atoms. The van der Waals surface area contributed by atoms with Gasteiger partial charge in [-0.1, -0.05) is 13.3 Å². The number of hydrogen-bond acceptors (Lipinski definition) is 3. The Labute approximate surface area is 72.4 Å². The van der Waals surface area contributed by atoms with Gasteiger partial charge < -0.3 is 9.47 Å². The highest BCUT2D eigenvalue weighted by Crippen LogP contribution is 2.10. The van der Waals surface area contributed by atoms with Crippen LogP contribution in [0.25, 0.3) is 0 Å². The Bertz CT molecular complexity index is 175. The van der Waals surface area contributed by atoms with Crippen molar-refractivity contribution in [2.24, 2.45) is 5.92 Å². The molecule has 1 rings (SSSR count). The molecule has 0 aromatic rings. The Balaban J connectivity index is 2.14. The van der Waals surface area contributed by atoms with Crippen LogP contribution in [-0.4, -0.2) is 19.2 Å². The van der Waals surface area contributed by atoms with Gasteiger partial charge in [0.25, 0.3) is 0 Å². The molecule has 0 aliphatic carbocycles. The standard InChI is InChI=1S/C9H14O3/c1-2-3-5-12-9(10)8-4-6-11-7-8/h4,6,8H,2-3,5,7H2,1H3. The van der Waals surface area contributed by atoms with E-state index in [-0.39, 0.29) is 11.9 Å². The van der Waals surface area contributed by atoms with Crippen LogP contribution in [0.3, 0.4) is 0 Å². The van der Waals surface area contributed by atoms with Crippen LogP contribution in [0.5, 0.6) is 0 Å². The van der Waals surface area contributed by atoms with Gasteiger partial charge in [-0.05, 0) is 12.5 Å². The minimum atomic E-state index is -0.179. The zero-order valence-corrected chi connectivity index (χ0v) is 7.29. The number of carbonyl (C=O) groups is 1. The van der Waals surface area contributed by atoms with Gasteiger partial charge in [0, 0.05) is 0 Å². The molecule has 3 heteroatoms. The predicted octanol–water partition coefficient (Wildman–Crippen LogP) is 1.49. The third-order valence-corrected chi connectivity index (χ3v) is 1.73. The van der Waals surface area contributed by atoms with E-state index in [2.05, 4.69) is 6.92 Å². The predicted molar refractivity (Wildman–Crippen MR) is 44.4 cm³/mol. The first kappa shape index (κ1) is 9.10. The van der Waals surface area contributed by atoms with Gasteiger partial charge in [-0.15, -0.1) is 0 Å². The quantitative estimate of drug-likeness (QED) is 0.473. The van der Waals surface area contributed by atoms with Crippen molar-refractivity contribution in [3.63, 3.8) is 0 Å². The molecular weight excluding hydrogens is 156 g/mol. The summed E-state index contributed by atoms with van der Waals surface area (Å²) in [4.78, 5) is 11.2. The van der Waals surface area contributed by atoms with E-state index in [1.807, 2.05) is 0 Å². The lowest BCUT2D eigenvalue weighted by molar-refractivity contribution is -0.147. The molecule has 68 valence electrons. The number of rotatable bonds is 4. The highest BCUT2D eigenvalue weighted by atomic mass is 16.5. The molecule has 1 heterocycles. The summed E-state index contributed by atoms with van der Waals surface area (Å²) in [7, 11) is 0. The van der Waals surface area contributed by atoms with Gasteiger partial charge in [0.05, 0.1) is 12.9 Å². The molecule has 0 fully saturated rings. The average Bonchev–Trinajstić information content (AvgIpc) is 2.56. The Morgan fingerprint density at radius 2 is 2.58 bits per heavy atom. The maximum absolute atomic E-state index is 11.2. The highest BCUT2D eigenvalue weighted by molar-refractivity contribution is 5.74. The van der Waals surface area contributed by atoms with Gasteiger partial charge in [0.1, 0.15) is 12.5 Å². The Hall–Kier alpha value is -0.990. The van der Waals surface area contributed by atoms with Gasteiger partial charge >= 0.3 is 5.97 Å². The smallest absolute Gasteiger partial charge is 0.316 e. The average molecular weight is 170 g/mol. The van der Waals surface area contributed by atoms with Crippen molar-refractivity contribution in [3.8, 4) is 0 Å². The van der Waals surface area contributed by atoms with Gasteiger partial charge in [-0.25, -0.2) is 0 Å². The lowest BCUT2D eigenvalue weighted by atomic mass is 10.2. The second kappa shape index (κ2) is 4.80.